The predicted octanol–water partition coefficient (Wildman–Crippen LogP) is 2.04. The highest BCUT2D eigenvalue weighted by Crippen LogP contribution is 2.32. The number of rotatable bonds is 7. The number of amides is 1. The number of benzene rings is 1. The third-order valence-corrected chi connectivity index (χ3v) is 5.29. The van der Waals surface area contributed by atoms with Crippen LogP contribution in [0, 0.1) is 0 Å². The minimum absolute atomic E-state index is 0.168. The molecule has 0 saturated carbocycles. The summed E-state index contributed by atoms with van der Waals surface area (Å²) in [7, 11) is 0. The van der Waals surface area contributed by atoms with E-state index < -0.39 is 5.54 Å². The zero-order valence-electron chi connectivity index (χ0n) is 17.6. The SMILES string of the molecule is CC(C)(COc1cccc2c1C(N)=NSN2)NC(=O)c1ccnc(-n2cnc(CO)c2)c1. The summed E-state index contributed by atoms with van der Waals surface area (Å²) in [5.74, 6) is 1.23. The molecule has 0 spiro atoms. The molecule has 0 bridgehead atoms. The van der Waals surface area contributed by atoms with E-state index in [4.69, 9.17) is 10.5 Å². The zero-order chi connectivity index (χ0) is 22.7. The first-order chi connectivity index (χ1) is 15.4. The number of ether oxygens (including phenoxy) is 1. The molecule has 0 unspecified atom stereocenters. The molecule has 5 N–H and O–H groups in total. The van der Waals surface area contributed by atoms with Crippen LogP contribution in [0.5, 0.6) is 5.75 Å². The first kappa shape index (κ1) is 21.7. The molecule has 0 atom stereocenters. The molecule has 0 fully saturated rings. The van der Waals surface area contributed by atoms with Gasteiger partial charge < -0.3 is 25.6 Å². The van der Waals surface area contributed by atoms with E-state index in [0.717, 1.165) is 17.8 Å². The summed E-state index contributed by atoms with van der Waals surface area (Å²) in [5.41, 5.74) is 7.84. The predicted molar refractivity (Wildman–Crippen MR) is 123 cm³/mol. The number of hydrogen-bond acceptors (Lipinski definition) is 9. The van der Waals surface area contributed by atoms with Gasteiger partial charge in [0.1, 0.15) is 30.3 Å². The van der Waals surface area contributed by atoms with Crippen LogP contribution in [0.15, 0.2) is 53.5 Å². The Hall–Kier alpha value is -3.57. The maximum absolute atomic E-state index is 12.9. The van der Waals surface area contributed by atoms with Crippen LogP contribution in [0.4, 0.5) is 5.69 Å². The Morgan fingerprint density at radius 3 is 2.97 bits per heavy atom. The number of nitrogens with two attached hydrogens (primary N) is 1. The van der Waals surface area contributed by atoms with Crippen LogP contribution in [-0.2, 0) is 6.61 Å². The molecule has 10 nitrogen and oxygen atoms in total. The molecule has 3 aromatic rings. The van der Waals surface area contributed by atoms with E-state index >= 15 is 0 Å². The molecule has 1 aliphatic rings. The van der Waals surface area contributed by atoms with Crippen LogP contribution in [0.3, 0.4) is 0 Å². The Balaban J connectivity index is 1.45. The Morgan fingerprint density at radius 2 is 2.19 bits per heavy atom. The van der Waals surface area contributed by atoms with Crippen molar-refractivity contribution in [2.24, 2.45) is 10.1 Å². The number of fused-ring (bicyclic) bond motifs is 1. The third kappa shape index (κ3) is 4.68. The van der Waals surface area contributed by atoms with Gasteiger partial charge in [0.2, 0.25) is 0 Å². The summed E-state index contributed by atoms with van der Waals surface area (Å²) in [6.45, 7) is 3.79. The molecule has 32 heavy (non-hydrogen) atoms. The summed E-state index contributed by atoms with van der Waals surface area (Å²) in [6, 6.07) is 8.87. The lowest BCUT2D eigenvalue weighted by Gasteiger charge is -2.27. The molecule has 1 aromatic carbocycles. The van der Waals surface area contributed by atoms with E-state index in [1.165, 1.54) is 6.33 Å². The molecule has 4 rings (SSSR count). The minimum atomic E-state index is -0.676. The second kappa shape index (κ2) is 8.89. The van der Waals surface area contributed by atoms with Gasteiger partial charge in [0.25, 0.3) is 5.91 Å². The molecule has 2 aromatic heterocycles. The number of nitrogens with one attached hydrogen (secondary N) is 2. The Kier molecular flexibility index (Phi) is 6.01. The average molecular weight is 454 g/mol. The number of amidine groups is 1. The molecule has 0 radical (unpaired) electrons. The van der Waals surface area contributed by atoms with E-state index in [0.29, 0.717) is 34.2 Å². The lowest BCUT2D eigenvalue weighted by atomic mass is 10.1. The normalized spacial score (nSPS) is 13.0. The van der Waals surface area contributed by atoms with E-state index in [9.17, 15) is 9.90 Å². The molecular formula is C21H23N7O3S. The van der Waals surface area contributed by atoms with Crippen LogP contribution >= 0.6 is 12.1 Å². The second-order valence-electron chi connectivity index (χ2n) is 7.81. The summed E-state index contributed by atoms with van der Waals surface area (Å²) in [5, 5.41) is 12.2. The number of aliphatic hydroxyl groups is 1. The van der Waals surface area contributed by atoms with Gasteiger partial charge in [0, 0.05) is 18.0 Å². The van der Waals surface area contributed by atoms with E-state index in [2.05, 4.69) is 24.4 Å². The van der Waals surface area contributed by atoms with E-state index in [1.807, 2.05) is 32.0 Å². The van der Waals surface area contributed by atoms with Crippen LogP contribution < -0.4 is 20.5 Å². The van der Waals surface area contributed by atoms with Gasteiger partial charge in [-0.15, -0.1) is 0 Å². The lowest BCUT2D eigenvalue weighted by molar-refractivity contribution is 0.0880. The Bertz CT molecular complexity index is 1180. The van der Waals surface area contributed by atoms with Crippen molar-refractivity contribution in [2.45, 2.75) is 26.0 Å². The van der Waals surface area contributed by atoms with Crippen LogP contribution in [0.25, 0.3) is 5.82 Å². The van der Waals surface area contributed by atoms with Gasteiger partial charge in [-0.3, -0.25) is 9.36 Å². The third-order valence-electron chi connectivity index (χ3n) is 4.69. The van der Waals surface area contributed by atoms with E-state index in [1.54, 1.807) is 29.1 Å². The lowest BCUT2D eigenvalue weighted by Crippen LogP contribution is -2.48. The summed E-state index contributed by atoms with van der Waals surface area (Å²) in [6.07, 6.45) is 4.75. The van der Waals surface area contributed by atoms with Crippen molar-refractivity contribution in [3.63, 3.8) is 0 Å². The number of aromatic nitrogens is 3. The Morgan fingerprint density at radius 1 is 1.34 bits per heavy atom. The van der Waals surface area contributed by atoms with Crippen molar-refractivity contribution in [1.29, 1.82) is 0 Å². The largest absolute Gasteiger partial charge is 0.490 e. The van der Waals surface area contributed by atoms with Crippen LogP contribution in [0.2, 0.25) is 0 Å². The number of imidazole rings is 1. The molecule has 0 aliphatic carbocycles. The standard InChI is InChI=1S/C21H23N7O3S/c1-21(2,11-31-16-5-3-4-15-18(16)19(22)27-32-26-15)25-20(30)13-6-7-23-17(8-13)28-9-14(10-29)24-12-28/h3-9,12,26,29H,10-11H2,1-2H3,(H2,22,27)(H,25,30). The molecule has 3 heterocycles. The molecule has 1 aliphatic heterocycles. The fourth-order valence-corrected chi connectivity index (χ4v) is 3.62. The number of carbonyl (C=O) groups is 1. The number of anilines is 1. The smallest absolute Gasteiger partial charge is 0.252 e. The van der Waals surface area contributed by atoms with Crippen molar-refractivity contribution in [2.75, 3.05) is 11.3 Å². The first-order valence-corrected chi connectivity index (χ1v) is 10.6. The monoisotopic (exact) mass is 453 g/mol. The fraction of sp³-hybridized carbons (Fsp3) is 0.238. The van der Waals surface area contributed by atoms with Crippen molar-refractivity contribution in [3.8, 4) is 11.6 Å². The van der Waals surface area contributed by atoms with Gasteiger partial charge in [-0.05, 0) is 38.1 Å². The first-order valence-electron chi connectivity index (χ1n) is 9.80. The van der Waals surface area contributed by atoms with Gasteiger partial charge >= 0.3 is 0 Å². The van der Waals surface area contributed by atoms with Crippen molar-refractivity contribution >= 4 is 29.6 Å². The highest BCUT2D eigenvalue weighted by molar-refractivity contribution is 7.99. The maximum atomic E-state index is 12.9. The second-order valence-corrected chi connectivity index (χ2v) is 8.38. The summed E-state index contributed by atoms with van der Waals surface area (Å²) < 4.78 is 14.9. The van der Waals surface area contributed by atoms with Gasteiger partial charge in [-0.1, -0.05) is 6.07 Å². The van der Waals surface area contributed by atoms with Crippen LogP contribution in [0.1, 0.15) is 35.5 Å². The van der Waals surface area contributed by atoms with Gasteiger partial charge in [0.15, 0.2) is 0 Å². The van der Waals surface area contributed by atoms with Gasteiger partial charge in [-0.25, -0.2) is 9.97 Å². The van der Waals surface area contributed by atoms with Crippen molar-refractivity contribution < 1.29 is 14.6 Å². The van der Waals surface area contributed by atoms with Crippen molar-refractivity contribution in [3.05, 3.63) is 65.9 Å². The summed E-state index contributed by atoms with van der Waals surface area (Å²) >= 11 is 1.16. The Labute approximate surface area is 189 Å². The number of hydrogen-bond donors (Lipinski definition) is 4. The van der Waals surface area contributed by atoms with Gasteiger partial charge in [-0.2, -0.15) is 4.40 Å². The molecule has 0 saturated heterocycles. The highest BCUT2D eigenvalue weighted by atomic mass is 32.2. The molecule has 11 heteroatoms. The highest BCUT2D eigenvalue weighted by Gasteiger charge is 2.25. The summed E-state index contributed by atoms with van der Waals surface area (Å²) in [4.78, 5) is 21.2. The zero-order valence-corrected chi connectivity index (χ0v) is 18.4. The molecule has 166 valence electrons. The topological polar surface area (TPSA) is 140 Å². The minimum Gasteiger partial charge on any atom is -0.490 e. The number of nitrogens with zero attached hydrogens (tertiary/aromatic N) is 4. The van der Waals surface area contributed by atoms with Gasteiger partial charge in [0.05, 0.1) is 41.2 Å². The average Bonchev–Trinajstić information content (AvgIpc) is 3.27. The molecular weight excluding hydrogens is 430 g/mol. The molecule has 1 amide bonds. The van der Waals surface area contributed by atoms with E-state index in [-0.39, 0.29) is 19.1 Å². The number of pyridine rings is 1. The fourth-order valence-electron chi connectivity index (χ4n) is 3.11. The quantitative estimate of drug-likeness (QED) is 0.399. The maximum Gasteiger partial charge on any atom is 0.252 e. The van der Waals surface area contributed by atoms with Crippen molar-refractivity contribution in [1.82, 2.24) is 19.9 Å². The van der Waals surface area contributed by atoms with Crippen LogP contribution in [-0.4, -0.2) is 43.5 Å². The number of carbonyl (C=O) groups excluding carboxylic acids is 1. The number of aliphatic hydroxyl groups excluding tert-OH is 1.